The lowest BCUT2D eigenvalue weighted by Gasteiger charge is -2.16. The highest BCUT2D eigenvalue weighted by Crippen LogP contribution is 2.30. The Labute approximate surface area is 139 Å². The number of nitrogens with one attached hydrogen (secondary N) is 1. The molecule has 5 heteroatoms. The van der Waals surface area contributed by atoms with Crippen molar-refractivity contribution in [2.45, 2.75) is 45.6 Å². The number of fused-ring (bicyclic) bond motifs is 1. The predicted octanol–water partition coefficient (Wildman–Crippen LogP) is 3.21. The van der Waals surface area contributed by atoms with Crippen LogP contribution in [0.25, 0.3) is 16.6 Å². The third-order valence-corrected chi connectivity index (χ3v) is 5.19. The van der Waals surface area contributed by atoms with Gasteiger partial charge in [-0.1, -0.05) is 31.0 Å². The van der Waals surface area contributed by atoms with Crippen molar-refractivity contribution >= 4 is 10.9 Å². The van der Waals surface area contributed by atoms with Gasteiger partial charge in [-0.15, -0.1) is 0 Å². The fourth-order valence-electron chi connectivity index (χ4n) is 3.99. The molecule has 3 aromatic rings. The molecule has 124 valence electrons. The number of para-hydroxylation sites is 1. The van der Waals surface area contributed by atoms with Gasteiger partial charge in [-0.3, -0.25) is 14.7 Å². The van der Waals surface area contributed by atoms with Crippen molar-refractivity contribution in [3.05, 3.63) is 62.3 Å². The number of nitrogens with zero attached hydrogens (tertiary/aromatic N) is 2. The highest BCUT2D eigenvalue weighted by molar-refractivity contribution is 5.80. The monoisotopic (exact) mass is 323 g/mol. The first-order valence-electron chi connectivity index (χ1n) is 8.51. The summed E-state index contributed by atoms with van der Waals surface area (Å²) in [5.74, 6) is 0. The van der Waals surface area contributed by atoms with E-state index in [1.54, 1.807) is 10.7 Å². The van der Waals surface area contributed by atoms with Gasteiger partial charge >= 0.3 is 0 Å². The van der Waals surface area contributed by atoms with Crippen LogP contribution in [0.2, 0.25) is 0 Å². The second-order valence-corrected chi connectivity index (χ2v) is 6.70. The molecule has 1 fully saturated rings. The van der Waals surface area contributed by atoms with Crippen molar-refractivity contribution in [2.24, 2.45) is 0 Å². The molecule has 24 heavy (non-hydrogen) atoms. The molecule has 4 rings (SSSR count). The van der Waals surface area contributed by atoms with Gasteiger partial charge in [0.2, 0.25) is 0 Å². The molecule has 2 heterocycles. The number of rotatable bonds is 2. The minimum absolute atomic E-state index is 0.0231. The lowest BCUT2D eigenvalue weighted by molar-refractivity contribution is 0.494. The topological polar surface area (TPSA) is 59.8 Å². The Kier molecular flexibility index (Phi) is 3.44. The molecular weight excluding hydrogens is 302 g/mol. The van der Waals surface area contributed by atoms with Gasteiger partial charge in [-0.2, -0.15) is 0 Å². The van der Waals surface area contributed by atoms with E-state index in [9.17, 15) is 9.59 Å². The summed E-state index contributed by atoms with van der Waals surface area (Å²) in [6.07, 6.45) is 4.33. The summed E-state index contributed by atoms with van der Waals surface area (Å²) in [4.78, 5) is 25.6. The molecule has 1 aliphatic rings. The minimum atomic E-state index is -0.0939. The minimum Gasteiger partial charge on any atom is -0.309 e. The van der Waals surface area contributed by atoms with Gasteiger partial charge < -0.3 is 4.57 Å². The lowest BCUT2D eigenvalue weighted by Crippen LogP contribution is -2.26. The molecule has 2 aromatic heterocycles. The van der Waals surface area contributed by atoms with Gasteiger partial charge in [-0.05, 0) is 38.3 Å². The number of aromatic amines is 1. The summed E-state index contributed by atoms with van der Waals surface area (Å²) in [5, 5.41) is 3.73. The molecule has 1 aliphatic carbocycles. The van der Waals surface area contributed by atoms with Gasteiger partial charge in [0.25, 0.3) is 11.1 Å². The van der Waals surface area contributed by atoms with Crippen molar-refractivity contribution < 1.29 is 0 Å². The van der Waals surface area contributed by atoms with E-state index in [2.05, 4.69) is 5.10 Å². The van der Waals surface area contributed by atoms with E-state index in [-0.39, 0.29) is 17.2 Å². The molecule has 1 saturated carbocycles. The summed E-state index contributed by atoms with van der Waals surface area (Å²) in [6, 6.07) is 9.52. The largest absolute Gasteiger partial charge is 0.309 e. The number of hydrogen-bond acceptors (Lipinski definition) is 2. The Morgan fingerprint density at radius 3 is 2.50 bits per heavy atom. The van der Waals surface area contributed by atoms with Crippen molar-refractivity contribution in [3.63, 3.8) is 0 Å². The standard InChI is InChI=1S/C19H21N3O2/c1-12-7-3-6-10-16(12)22-19(24)18-13(2)21(14-8-4-5-9-14)17(23)11-15(18)20-22/h3,6-7,10-11,14,20H,4-5,8-9H2,1-2H3. The van der Waals surface area contributed by atoms with Gasteiger partial charge in [-0.25, -0.2) is 4.68 Å². The molecule has 0 spiro atoms. The number of aromatic nitrogens is 3. The molecule has 1 aromatic carbocycles. The SMILES string of the molecule is Cc1ccccc1-n1[nH]c2cc(=O)n(C3CCCC3)c(C)c2c1=O. The van der Waals surface area contributed by atoms with Crippen LogP contribution in [0.4, 0.5) is 0 Å². The molecule has 1 N–H and O–H groups in total. The van der Waals surface area contributed by atoms with Crippen molar-refractivity contribution in [2.75, 3.05) is 0 Å². The molecule has 0 amide bonds. The van der Waals surface area contributed by atoms with Gasteiger partial charge in [0.15, 0.2) is 0 Å². The number of pyridine rings is 1. The van der Waals surface area contributed by atoms with E-state index < -0.39 is 0 Å². The summed E-state index contributed by atoms with van der Waals surface area (Å²) >= 11 is 0. The average Bonchev–Trinajstić information content (AvgIpc) is 3.16. The molecule has 0 unspecified atom stereocenters. The summed E-state index contributed by atoms with van der Waals surface area (Å²) in [7, 11) is 0. The van der Waals surface area contributed by atoms with E-state index >= 15 is 0 Å². The zero-order valence-corrected chi connectivity index (χ0v) is 14.0. The number of aryl methyl sites for hydroxylation is 2. The normalized spacial score (nSPS) is 15.4. The van der Waals surface area contributed by atoms with Crippen LogP contribution in [-0.4, -0.2) is 14.3 Å². The third kappa shape index (κ3) is 2.15. The molecule has 5 nitrogen and oxygen atoms in total. The summed E-state index contributed by atoms with van der Waals surface area (Å²) in [5.41, 5.74) is 3.10. The van der Waals surface area contributed by atoms with E-state index in [0.29, 0.717) is 10.9 Å². The maximum atomic E-state index is 13.0. The van der Waals surface area contributed by atoms with Crippen molar-refractivity contribution in [1.82, 2.24) is 14.3 Å². The average molecular weight is 323 g/mol. The number of hydrogen-bond donors (Lipinski definition) is 1. The molecule has 0 radical (unpaired) electrons. The van der Waals surface area contributed by atoms with Crippen LogP contribution < -0.4 is 11.1 Å². The van der Waals surface area contributed by atoms with Gasteiger partial charge in [0, 0.05) is 17.8 Å². The third-order valence-electron chi connectivity index (χ3n) is 5.19. The smallest absolute Gasteiger partial charge is 0.280 e. The highest BCUT2D eigenvalue weighted by atomic mass is 16.1. The van der Waals surface area contributed by atoms with Gasteiger partial charge in [0.1, 0.15) is 0 Å². The van der Waals surface area contributed by atoms with Crippen molar-refractivity contribution in [1.29, 1.82) is 0 Å². The van der Waals surface area contributed by atoms with Gasteiger partial charge in [0.05, 0.1) is 16.6 Å². The van der Waals surface area contributed by atoms with E-state index in [0.717, 1.165) is 42.6 Å². The van der Waals surface area contributed by atoms with E-state index in [1.165, 1.54) is 0 Å². The van der Waals surface area contributed by atoms with Crippen LogP contribution >= 0.6 is 0 Å². The highest BCUT2D eigenvalue weighted by Gasteiger charge is 2.22. The van der Waals surface area contributed by atoms with E-state index in [4.69, 9.17) is 0 Å². The quantitative estimate of drug-likeness (QED) is 0.787. The molecule has 0 atom stereocenters. The Bertz CT molecular complexity index is 1030. The van der Waals surface area contributed by atoms with Crippen molar-refractivity contribution in [3.8, 4) is 5.69 Å². The first-order valence-corrected chi connectivity index (χ1v) is 8.51. The molecular formula is C19H21N3O2. The Morgan fingerprint density at radius 1 is 1.08 bits per heavy atom. The maximum absolute atomic E-state index is 13.0. The van der Waals surface area contributed by atoms with Crippen LogP contribution in [0.1, 0.15) is 43.0 Å². The first kappa shape index (κ1) is 15.0. The van der Waals surface area contributed by atoms with Crippen LogP contribution in [0, 0.1) is 13.8 Å². The summed E-state index contributed by atoms with van der Waals surface area (Å²) < 4.78 is 3.37. The van der Waals surface area contributed by atoms with Crippen LogP contribution in [0.15, 0.2) is 39.9 Å². The Hall–Kier alpha value is -2.56. The molecule has 0 aliphatic heterocycles. The second kappa shape index (κ2) is 5.51. The lowest BCUT2D eigenvalue weighted by atomic mass is 10.1. The zero-order chi connectivity index (χ0) is 16.8. The van der Waals surface area contributed by atoms with Crippen LogP contribution in [0.5, 0.6) is 0 Å². The molecule has 0 bridgehead atoms. The first-order chi connectivity index (χ1) is 11.6. The Balaban J connectivity index is 2.00. The maximum Gasteiger partial charge on any atom is 0.280 e. The molecule has 0 saturated heterocycles. The number of H-pyrrole nitrogens is 1. The second-order valence-electron chi connectivity index (χ2n) is 6.70. The fraction of sp³-hybridized carbons (Fsp3) is 0.368. The van der Waals surface area contributed by atoms with Crippen LogP contribution in [0.3, 0.4) is 0 Å². The zero-order valence-electron chi connectivity index (χ0n) is 14.0. The van der Waals surface area contributed by atoms with Crippen LogP contribution in [-0.2, 0) is 0 Å². The Morgan fingerprint density at radius 2 is 1.79 bits per heavy atom. The number of benzene rings is 1. The van der Waals surface area contributed by atoms with E-state index in [1.807, 2.05) is 42.7 Å². The fourth-order valence-corrected chi connectivity index (χ4v) is 3.99. The predicted molar refractivity (Wildman–Crippen MR) is 95.1 cm³/mol. The summed E-state index contributed by atoms with van der Waals surface area (Å²) in [6.45, 7) is 3.86.